The fraction of sp³-hybridized carbons (Fsp3) is 0.438. The van der Waals surface area contributed by atoms with E-state index >= 15 is 0 Å². The van der Waals surface area contributed by atoms with E-state index in [2.05, 4.69) is 31.8 Å². The van der Waals surface area contributed by atoms with E-state index in [0.29, 0.717) is 18.2 Å². The van der Waals surface area contributed by atoms with Crippen LogP contribution in [0, 0.1) is 0 Å². The van der Waals surface area contributed by atoms with Gasteiger partial charge in [-0.2, -0.15) is 15.0 Å². The van der Waals surface area contributed by atoms with Gasteiger partial charge in [0.2, 0.25) is 11.9 Å². The zero-order chi connectivity index (χ0) is 16.2. The molecule has 0 bridgehead atoms. The highest BCUT2D eigenvalue weighted by Gasteiger charge is 2.18. The normalized spacial score (nSPS) is 15.7. The number of methoxy groups -OCH3 is 1. The van der Waals surface area contributed by atoms with Crippen molar-refractivity contribution in [2.24, 2.45) is 0 Å². The van der Waals surface area contributed by atoms with E-state index in [-0.39, 0.29) is 5.95 Å². The highest BCUT2D eigenvalue weighted by molar-refractivity contribution is 5.37. The van der Waals surface area contributed by atoms with Crippen LogP contribution in [0.25, 0.3) is 0 Å². The van der Waals surface area contributed by atoms with Gasteiger partial charge in [-0.05, 0) is 24.7 Å². The van der Waals surface area contributed by atoms with Crippen LogP contribution in [0.15, 0.2) is 24.3 Å². The number of benzene rings is 1. The third-order valence-electron chi connectivity index (χ3n) is 3.99. The Hall–Kier alpha value is -2.41. The number of likely N-dealkylation sites (N-methyl/N-ethyl adjacent to an activating group) is 1. The molecule has 1 aliphatic heterocycles. The van der Waals surface area contributed by atoms with Gasteiger partial charge in [-0.1, -0.05) is 12.1 Å². The first kappa shape index (κ1) is 15.5. The molecular weight excluding hydrogens is 292 g/mol. The van der Waals surface area contributed by atoms with Crippen LogP contribution < -0.4 is 15.4 Å². The van der Waals surface area contributed by atoms with Crippen molar-refractivity contribution in [2.75, 3.05) is 51.0 Å². The molecule has 0 radical (unpaired) electrons. The molecule has 7 nitrogen and oxygen atoms in total. The van der Waals surface area contributed by atoms with Crippen LogP contribution in [-0.4, -0.2) is 60.2 Å². The summed E-state index contributed by atoms with van der Waals surface area (Å²) in [5.74, 6) is 2.48. The molecule has 2 aromatic rings. The van der Waals surface area contributed by atoms with E-state index in [0.717, 1.165) is 37.5 Å². The number of ether oxygens (including phenoxy) is 1. The van der Waals surface area contributed by atoms with Crippen molar-refractivity contribution in [3.8, 4) is 5.75 Å². The lowest BCUT2D eigenvalue weighted by molar-refractivity contribution is 0.311. The Bertz CT molecular complexity index is 652. The summed E-state index contributed by atoms with van der Waals surface area (Å²) in [5.41, 5.74) is 6.99. The first-order valence-electron chi connectivity index (χ1n) is 7.71. The zero-order valence-electron chi connectivity index (χ0n) is 13.6. The topological polar surface area (TPSA) is 80.4 Å². The van der Waals surface area contributed by atoms with Crippen LogP contribution in [0.4, 0.5) is 11.9 Å². The van der Waals surface area contributed by atoms with Crippen molar-refractivity contribution in [2.45, 2.75) is 6.42 Å². The van der Waals surface area contributed by atoms with Gasteiger partial charge in [0.25, 0.3) is 0 Å². The second kappa shape index (κ2) is 6.78. The number of nitrogen functional groups attached to an aromatic ring is 1. The molecular formula is C16H22N6O. The number of nitrogens with zero attached hydrogens (tertiary/aromatic N) is 5. The number of piperazine rings is 1. The van der Waals surface area contributed by atoms with Crippen molar-refractivity contribution < 1.29 is 4.74 Å². The number of hydrogen-bond acceptors (Lipinski definition) is 7. The molecule has 0 spiro atoms. The van der Waals surface area contributed by atoms with Crippen molar-refractivity contribution >= 4 is 11.9 Å². The van der Waals surface area contributed by atoms with Gasteiger partial charge in [0.15, 0.2) is 0 Å². The number of anilines is 2. The van der Waals surface area contributed by atoms with Gasteiger partial charge >= 0.3 is 0 Å². The maximum absolute atomic E-state index is 5.87. The lowest BCUT2D eigenvalue weighted by atomic mass is 10.1. The van der Waals surface area contributed by atoms with E-state index < -0.39 is 0 Å². The molecule has 0 saturated carbocycles. The lowest BCUT2D eigenvalue weighted by Crippen LogP contribution is -2.45. The molecule has 0 amide bonds. The summed E-state index contributed by atoms with van der Waals surface area (Å²) in [5, 5.41) is 0. The Labute approximate surface area is 136 Å². The van der Waals surface area contributed by atoms with Gasteiger partial charge in [-0.3, -0.25) is 0 Å². The average Bonchev–Trinajstić information content (AvgIpc) is 2.56. The van der Waals surface area contributed by atoms with E-state index in [9.17, 15) is 0 Å². The molecule has 2 N–H and O–H groups in total. The first-order valence-corrected chi connectivity index (χ1v) is 7.71. The quantitative estimate of drug-likeness (QED) is 0.894. The zero-order valence-corrected chi connectivity index (χ0v) is 13.6. The molecule has 1 aromatic heterocycles. The fourth-order valence-electron chi connectivity index (χ4n) is 2.58. The lowest BCUT2D eigenvalue weighted by Gasteiger charge is -2.32. The minimum atomic E-state index is 0.275. The number of nitrogens with two attached hydrogens (primary N) is 1. The molecule has 1 fully saturated rings. The van der Waals surface area contributed by atoms with Gasteiger partial charge in [0, 0.05) is 32.6 Å². The maximum atomic E-state index is 5.87. The molecule has 3 rings (SSSR count). The Balaban J connectivity index is 1.76. The van der Waals surface area contributed by atoms with Gasteiger partial charge in [-0.15, -0.1) is 0 Å². The van der Waals surface area contributed by atoms with Gasteiger partial charge in [-0.25, -0.2) is 0 Å². The monoisotopic (exact) mass is 314 g/mol. The molecule has 0 unspecified atom stereocenters. The Morgan fingerprint density at radius 1 is 1.04 bits per heavy atom. The molecule has 23 heavy (non-hydrogen) atoms. The second-order valence-corrected chi connectivity index (χ2v) is 5.73. The Morgan fingerprint density at radius 2 is 1.74 bits per heavy atom. The predicted octanol–water partition coefficient (Wildman–Crippen LogP) is 0.805. The minimum Gasteiger partial charge on any atom is -0.497 e. The summed E-state index contributed by atoms with van der Waals surface area (Å²) in [6.45, 7) is 3.81. The van der Waals surface area contributed by atoms with Crippen LogP contribution in [0.2, 0.25) is 0 Å². The fourth-order valence-corrected chi connectivity index (χ4v) is 2.58. The van der Waals surface area contributed by atoms with E-state index in [1.807, 2.05) is 24.3 Å². The van der Waals surface area contributed by atoms with Gasteiger partial charge < -0.3 is 20.3 Å². The summed E-state index contributed by atoms with van der Waals surface area (Å²) in [4.78, 5) is 17.6. The van der Waals surface area contributed by atoms with Gasteiger partial charge in [0.05, 0.1) is 7.11 Å². The van der Waals surface area contributed by atoms with Crippen LogP contribution in [-0.2, 0) is 6.42 Å². The Morgan fingerprint density at radius 3 is 2.39 bits per heavy atom. The average molecular weight is 314 g/mol. The molecule has 0 aliphatic carbocycles. The molecule has 2 heterocycles. The van der Waals surface area contributed by atoms with Crippen molar-refractivity contribution in [1.82, 2.24) is 19.9 Å². The third-order valence-corrected chi connectivity index (χ3v) is 3.99. The van der Waals surface area contributed by atoms with E-state index in [1.54, 1.807) is 7.11 Å². The number of hydrogen-bond donors (Lipinski definition) is 1. The molecule has 1 aromatic carbocycles. The van der Waals surface area contributed by atoms with Crippen LogP contribution in [0.5, 0.6) is 5.75 Å². The summed E-state index contributed by atoms with van der Waals surface area (Å²) >= 11 is 0. The Kier molecular flexibility index (Phi) is 4.57. The van der Waals surface area contributed by atoms with Crippen molar-refractivity contribution in [3.05, 3.63) is 35.7 Å². The molecule has 1 aliphatic rings. The number of rotatable bonds is 4. The van der Waals surface area contributed by atoms with E-state index in [4.69, 9.17) is 10.5 Å². The first-order chi connectivity index (χ1) is 11.1. The van der Waals surface area contributed by atoms with Gasteiger partial charge in [0.1, 0.15) is 11.6 Å². The van der Waals surface area contributed by atoms with E-state index in [1.165, 1.54) is 0 Å². The smallest absolute Gasteiger partial charge is 0.230 e. The largest absolute Gasteiger partial charge is 0.497 e. The summed E-state index contributed by atoms with van der Waals surface area (Å²) in [6.07, 6.45) is 0.622. The molecule has 7 heteroatoms. The van der Waals surface area contributed by atoms with Crippen LogP contribution in [0.1, 0.15) is 11.4 Å². The highest BCUT2D eigenvalue weighted by atomic mass is 16.5. The summed E-state index contributed by atoms with van der Waals surface area (Å²) < 4.78 is 5.17. The minimum absolute atomic E-state index is 0.275. The second-order valence-electron chi connectivity index (χ2n) is 5.73. The SMILES string of the molecule is COc1ccc(Cc2nc(N)nc(N3CCN(C)CC3)n2)cc1. The highest BCUT2D eigenvalue weighted by Crippen LogP contribution is 2.16. The van der Waals surface area contributed by atoms with Crippen molar-refractivity contribution in [3.63, 3.8) is 0 Å². The molecule has 1 saturated heterocycles. The standard InChI is InChI=1S/C16H22N6O/c1-21-7-9-22(10-8-21)16-19-14(18-15(17)20-16)11-12-3-5-13(23-2)6-4-12/h3-6H,7-11H2,1-2H3,(H2,17,18,19,20). The predicted molar refractivity (Wildman–Crippen MR) is 89.7 cm³/mol. The van der Waals surface area contributed by atoms with Crippen LogP contribution in [0.3, 0.4) is 0 Å². The third kappa shape index (κ3) is 3.87. The molecule has 0 atom stereocenters. The molecule has 122 valence electrons. The summed E-state index contributed by atoms with van der Waals surface area (Å²) in [6, 6.07) is 7.88. The van der Waals surface area contributed by atoms with Crippen molar-refractivity contribution in [1.29, 1.82) is 0 Å². The number of aromatic nitrogens is 3. The van der Waals surface area contributed by atoms with Crippen LogP contribution >= 0.6 is 0 Å². The summed E-state index contributed by atoms with van der Waals surface area (Å²) in [7, 11) is 3.78. The maximum Gasteiger partial charge on any atom is 0.230 e.